The highest BCUT2D eigenvalue weighted by atomic mass is 15.2. The van der Waals surface area contributed by atoms with Gasteiger partial charge in [-0.15, -0.1) is 0 Å². The molecule has 0 fully saturated rings. The molecule has 0 radical (unpaired) electrons. The Kier molecular flexibility index (Phi) is 3.12. The van der Waals surface area contributed by atoms with Crippen LogP contribution in [0.4, 0.5) is 11.5 Å². The van der Waals surface area contributed by atoms with Crippen molar-refractivity contribution in [3.8, 4) is 0 Å². The van der Waals surface area contributed by atoms with Crippen LogP contribution in [0.1, 0.15) is 5.69 Å². The van der Waals surface area contributed by atoms with E-state index in [-0.39, 0.29) is 0 Å². The first-order chi connectivity index (χ1) is 7.81. The van der Waals surface area contributed by atoms with Crippen LogP contribution < -0.4 is 10.6 Å². The molecule has 0 saturated heterocycles. The number of hydrogen-bond donors (Lipinski definition) is 1. The predicted molar refractivity (Wildman–Crippen MR) is 64.4 cm³/mol. The van der Waals surface area contributed by atoms with Crippen LogP contribution in [-0.4, -0.2) is 17.0 Å². The summed E-state index contributed by atoms with van der Waals surface area (Å²) < 4.78 is 0. The molecule has 2 rings (SSSR count). The molecular formula is C12H14N4. The number of nitrogens with zero attached hydrogens (tertiary/aromatic N) is 3. The zero-order valence-corrected chi connectivity index (χ0v) is 9.17. The molecule has 0 bridgehead atoms. The summed E-state index contributed by atoms with van der Waals surface area (Å²) in [5.41, 5.74) is 7.40. The van der Waals surface area contributed by atoms with Gasteiger partial charge in [0.05, 0.1) is 11.9 Å². The maximum Gasteiger partial charge on any atom is 0.151 e. The summed E-state index contributed by atoms with van der Waals surface area (Å²) in [7, 11) is 1.96. The Morgan fingerprint density at radius 3 is 2.62 bits per heavy atom. The minimum absolute atomic E-state index is 0.406. The summed E-state index contributed by atoms with van der Waals surface area (Å²) in [6.07, 6.45) is 3.41. The van der Waals surface area contributed by atoms with E-state index in [0.29, 0.717) is 6.54 Å². The van der Waals surface area contributed by atoms with Crippen LogP contribution >= 0.6 is 0 Å². The number of para-hydroxylation sites is 1. The Bertz CT molecular complexity index is 456. The van der Waals surface area contributed by atoms with Crippen molar-refractivity contribution in [2.24, 2.45) is 5.73 Å². The molecular weight excluding hydrogens is 200 g/mol. The normalized spacial score (nSPS) is 10.1. The van der Waals surface area contributed by atoms with E-state index in [2.05, 4.69) is 9.97 Å². The van der Waals surface area contributed by atoms with Crippen molar-refractivity contribution in [3.05, 3.63) is 48.4 Å². The second-order valence-corrected chi connectivity index (χ2v) is 3.47. The highest BCUT2D eigenvalue weighted by Gasteiger charge is 2.05. The number of hydrogen-bond acceptors (Lipinski definition) is 4. The van der Waals surface area contributed by atoms with Gasteiger partial charge in [0, 0.05) is 25.5 Å². The van der Waals surface area contributed by atoms with E-state index in [0.717, 1.165) is 17.2 Å². The van der Waals surface area contributed by atoms with Gasteiger partial charge < -0.3 is 10.6 Å². The molecule has 2 aromatic rings. The lowest BCUT2D eigenvalue weighted by Gasteiger charge is -2.18. The molecule has 4 nitrogen and oxygen atoms in total. The minimum Gasteiger partial charge on any atom is -0.328 e. The van der Waals surface area contributed by atoms with Crippen molar-refractivity contribution in [2.75, 3.05) is 11.9 Å². The van der Waals surface area contributed by atoms with Gasteiger partial charge in [0.25, 0.3) is 0 Å². The molecule has 0 unspecified atom stereocenters. The molecule has 2 N–H and O–H groups in total. The van der Waals surface area contributed by atoms with E-state index in [4.69, 9.17) is 5.73 Å². The molecule has 0 aliphatic carbocycles. The second kappa shape index (κ2) is 4.72. The van der Waals surface area contributed by atoms with E-state index < -0.39 is 0 Å². The first kappa shape index (κ1) is 10.6. The van der Waals surface area contributed by atoms with Crippen molar-refractivity contribution >= 4 is 11.5 Å². The lowest BCUT2D eigenvalue weighted by atomic mass is 10.3. The van der Waals surface area contributed by atoms with E-state index in [9.17, 15) is 0 Å². The SMILES string of the molecule is CN(c1ccccc1)c1cncc(CN)n1. The third kappa shape index (κ3) is 2.17. The van der Waals surface area contributed by atoms with Gasteiger partial charge in [-0.05, 0) is 12.1 Å². The largest absolute Gasteiger partial charge is 0.328 e. The number of aromatic nitrogens is 2. The van der Waals surface area contributed by atoms with Crippen molar-refractivity contribution in [2.45, 2.75) is 6.54 Å². The summed E-state index contributed by atoms with van der Waals surface area (Å²) in [6, 6.07) is 10.0. The summed E-state index contributed by atoms with van der Waals surface area (Å²) in [6.45, 7) is 0.406. The fourth-order valence-electron chi connectivity index (χ4n) is 1.44. The molecule has 0 aliphatic heterocycles. The number of rotatable bonds is 3. The molecule has 1 aromatic heterocycles. The monoisotopic (exact) mass is 214 g/mol. The number of nitrogens with two attached hydrogens (primary N) is 1. The molecule has 0 amide bonds. The molecule has 16 heavy (non-hydrogen) atoms. The van der Waals surface area contributed by atoms with Crippen LogP contribution in [0.15, 0.2) is 42.7 Å². The maximum absolute atomic E-state index is 5.54. The maximum atomic E-state index is 5.54. The fourth-order valence-corrected chi connectivity index (χ4v) is 1.44. The van der Waals surface area contributed by atoms with Crippen LogP contribution in [0.3, 0.4) is 0 Å². The molecule has 0 spiro atoms. The fraction of sp³-hybridized carbons (Fsp3) is 0.167. The lowest BCUT2D eigenvalue weighted by molar-refractivity contribution is 0.947. The Morgan fingerprint density at radius 2 is 1.94 bits per heavy atom. The average molecular weight is 214 g/mol. The van der Waals surface area contributed by atoms with Crippen molar-refractivity contribution < 1.29 is 0 Å². The van der Waals surface area contributed by atoms with E-state index in [1.165, 1.54) is 0 Å². The van der Waals surface area contributed by atoms with Crippen molar-refractivity contribution in [1.29, 1.82) is 0 Å². The Morgan fingerprint density at radius 1 is 1.19 bits per heavy atom. The highest BCUT2D eigenvalue weighted by molar-refractivity contribution is 5.57. The topological polar surface area (TPSA) is 55.0 Å². The molecule has 1 aromatic carbocycles. The van der Waals surface area contributed by atoms with Gasteiger partial charge in [-0.1, -0.05) is 18.2 Å². The Balaban J connectivity index is 2.30. The molecule has 4 heteroatoms. The third-order valence-electron chi connectivity index (χ3n) is 2.37. The first-order valence-electron chi connectivity index (χ1n) is 5.11. The van der Waals surface area contributed by atoms with Crippen molar-refractivity contribution in [3.63, 3.8) is 0 Å². The van der Waals surface area contributed by atoms with Crippen LogP contribution in [0.25, 0.3) is 0 Å². The molecule has 1 heterocycles. The average Bonchev–Trinajstić information content (AvgIpc) is 2.39. The Labute approximate surface area is 94.8 Å². The van der Waals surface area contributed by atoms with E-state index >= 15 is 0 Å². The molecule has 0 atom stereocenters. The van der Waals surface area contributed by atoms with Crippen molar-refractivity contribution in [1.82, 2.24) is 9.97 Å². The lowest BCUT2D eigenvalue weighted by Crippen LogP contribution is -2.13. The van der Waals surface area contributed by atoms with Crippen LogP contribution in [-0.2, 0) is 6.54 Å². The smallest absolute Gasteiger partial charge is 0.151 e. The van der Waals surface area contributed by atoms with Crippen LogP contribution in [0, 0.1) is 0 Å². The van der Waals surface area contributed by atoms with Gasteiger partial charge >= 0.3 is 0 Å². The van der Waals surface area contributed by atoms with Crippen LogP contribution in [0.2, 0.25) is 0 Å². The molecule has 82 valence electrons. The van der Waals surface area contributed by atoms with Gasteiger partial charge in [-0.3, -0.25) is 4.98 Å². The summed E-state index contributed by atoms with van der Waals surface area (Å²) in [5.74, 6) is 0.800. The molecule has 0 aliphatic rings. The zero-order chi connectivity index (χ0) is 11.4. The second-order valence-electron chi connectivity index (χ2n) is 3.47. The predicted octanol–water partition coefficient (Wildman–Crippen LogP) is 1.70. The zero-order valence-electron chi connectivity index (χ0n) is 9.17. The van der Waals surface area contributed by atoms with Gasteiger partial charge in [0.15, 0.2) is 5.82 Å². The third-order valence-corrected chi connectivity index (χ3v) is 2.37. The van der Waals surface area contributed by atoms with E-state index in [1.807, 2.05) is 42.3 Å². The standard InChI is InChI=1S/C12H14N4/c1-16(11-5-3-2-4-6-11)12-9-14-8-10(7-13)15-12/h2-6,8-9H,7,13H2,1H3. The minimum atomic E-state index is 0.406. The van der Waals surface area contributed by atoms with Gasteiger partial charge in [0.1, 0.15) is 0 Å². The highest BCUT2D eigenvalue weighted by Crippen LogP contribution is 2.19. The van der Waals surface area contributed by atoms with E-state index in [1.54, 1.807) is 12.4 Å². The first-order valence-corrected chi connectivity index (χ1v) is 5.11. The summed E-state index contributed by atoms with van der Waals surface area (Å²) >= 11 is 0. The summed E-state index contributed by atoms with van der Waals surface area (Å²) in [4.78, 5) is 10.5. The quantitative estimate of drug-likeness (QED) is 0.845. The van der Waals surface area contributed by atoms with Gasteiger partial charge in [0.2, 0.25) is 0 Å². The van der Waals surface area contributed by atoms with Gasteiger partial charge in [-0.2, -0.15) is 0 Å². The Hall–Kier alpha value is -1.94. The number of anilines is 2. The number of benzene rings is 1. The van der Waals surface area contributed by atoms with Gasteiger partial charge in [-0.25, -0.2) is 4.98 Å². The van der Waals surface area contributed by atoms with Crippen LogP contribution in [0.5, 0.6) is 0 Å². The summed E-state index contributed by atoms with van der Waals surface area (Å²) in [5, 5.41) is 0. The molecule has 0 saturated carbocycles.